The van der Waals surface area contributed by atoms with E-state index in [-0.39, 0.29) is 0 Å². The second-order valence-corrected chi connectivity index (χ2v) is 9.13. The van der Waals surface area contributed by atoms with Gasteiger partial charge in [-0.05, 0) is 41.8 Å². The van der Waals surface area contributed by atoms with Gasteiger partial charge in [-0.25, -0.2) is 0 Å². The number of hydrogen-bond acceptors (Lipinski definition) is 6. The van der Waals surface area contributed by atoms with E-state index >= 15 is 0 Å². The molecule has 0 amide bonds. The molecule has 33 heavy (non-hydrogen) atoms. The molecule has 2 aliphatic rings. The molecule has 2 aromatic rings. The highest BCUT2D eigenvalue weighted by molar-refractivity contribution is 6.32. The third-order valence-corrected chi connectivity index (χ3v) is 6.53. The molecule has 8 heteroatoms. The maximum atomic E-state index is 6.48. The second kappa shape index (κ2) is 12.8. The van der Waals surface area contributed by atoms with Crippen molar-refractivity contribution < 1.29 is 18.9 Å². The fraction of sp³-hybridized carbons (Fsp3) is 0.520. The van der Waals surface area contributed by atoms with Crippen molar-refractivity contribution in [3.63, 3.8) is 0 Å². The highest BCUT2D eigenvalue weighted by Gasteiger charge is 2.12. The first-order chi connectivity index (χ1) is 16.2. The highest BCUT2D eigenvalue weighted by atomic mass is 35.5. The Balaban J connectivity index is 1.24. The van der Waals surface area contributed by atoms with Gasteiger partial charge in [0, 0.05) is 39.3 Å². The first-order valence-electron chi connectivity index (χ1n) is 11.6. The molecule has 180 valence electrons. The second-order valence-electron chi connectivity index (χ2n) is 8.31. The molecule has 0 radical (unpaired) electrons. The number of halogens is 2. The lowest BCUT2D eigenvalue weighted by atomic mass is 10.0. The Kier molecular flexibility index (Phi) is 9.53. The van der Waals surface area contributed by atoms with Crippen molar-refractivity contribution in [1.82, 2.24) is 9.80 Å². The average Bonchev–Trinajstić information content (AvgIpc) is 2.83. The molecule has 0 unspecified atom stereocenters. The Bertz CT molecular complexity index is 815. The molecule has 0 atom stereocenters. The summed E-state index contributed by atoms with van der Waals surface area (Å²) in [5, 5.41) is 1.26. The van der Waals surface area contributed by atoms with E-state index in [0.29, 0.717) is 23.3 Å². The summed E-state index contributed by atoms with van der Waals surface area (Å²) in [6.45, 7) is 9.97. The molecular weight excluding hydrogens is 463 g/mol. The average molecular weight is 495 g/mol. The summed E-state index contributed by atoms with van der Waals surface area (Å²) in [5.41, 5.74) is 2.22. The molecule has 0 bridgehead atoms. The third-order valence-electron chi connectivity index (χ3n) is 5.94. The van der Waals surface area contributed by atoms with Crippen LogP contribution in [0.15, 0.2) is 36.4 Å². The minimum atomic E-state index is 0.613. The van der Waals surface area contributed by atoms with Crippen molar-refractivity contribution in [3.05, 3.63) is 57.6 Å². The number of rotatable bonds is 10. The zero-order chi connectivity index (χ0) is 22.9. The predicted molar refractivity (Wildman–Crippen MR) is 131 cm³/mol. The monoisotopic (exact) mass is 494 g/mol. The van der Waals surface area contributed by atoms with Crippen LogP contribution in [0.25, 0.3) is 0 Å². The van der Waals surface area contributed by atoms with Crippen LogP contribution in [0.5, 0.6) is 11.5 Å². The standard InChI is InChI=1S/C25H32Cl2N2O4/c26-22-18-20(1-3-24(22)32-15-9-28-5-11-30-12-6-28)17-21-2-4-25(23(27)19-21)33-16-10-29-7-13-31-14-8-29/h1-4,18-19H,5-17H2. The van der Waals surface area contributed by atoms with Crippen molar-refractivity contribution >= 4 is 23.2 Å². The van der Waals surface area contributed by atoms with E-state index in [1.807, 2.05) is 24.3 Å². The highest BCUT2D eigenvalue weighted by Crippen LogP contribution is 2.29. The van der Waals surface area contributed by atoms with E-state index in [0.717, 1.165) is 94.7 Å². The van der Waals surface area contributed by atoms with Crippen LogP contribution in [0.4, 0.5) is 0 Å². The summed E-state index contributed by atoms with van der Waals surface area (Å²) in [4.78, 5) is 4.68. The summed E-state index contributed by atoms with van der Waals surface area (Å²) >= 11 is 13.0. The predicted octanol–water partition coefficient (Wildman–Crippen LogP) is 4.01. The maximum absolute atomic E-state index is 6.48. The van der Waals surface area contributed by atoms with Crippen LogP contribution in [0.3, 0.4) is 0 Å². The smallest absolute Gasteiger partial charge is 0.137 e. The zero-order valence-corrected chi connectivity index (χ0v) is 20.5. The number of nitrogens with zero attached hydrogens (tertiary/aromatic N) is 2. The Morgan fingerprint density at radius 1 is 0.667 bits per heavy atom. The molecule has 2 fully saturated rings. The van der Waals surface area contributed by atoms with Gasteiger partial charge in [0.25, 0.3) is 0 Å². The van der Waals surface area contributed by atoms with E-state index in [1.54, 1.807) is 0 Å². The Morgan fingerprint density at radius 3 is 1.48 bits per heavy atom. The SMILES string of the molecule is Clc1cc(Cc2ccc(OCCN3CCOCC3)c(Cl)c2)ccc1OCCN1CCOCC1. The van der Waals surface area contributed by atoms with Gasteiger partial charge >= 0.3 is 0 Å². The van der Waals surface area contributed by atoms with Crippen molar-refractivity contribution in [2.45, 2.75) is 6.42 Å². The van der Waals surface area contributed by atoms with Gasteiger partial charge < -0.3 is 18.9 Å². The van der Waals surface area contributed by atoms with Gasteiger partial charge in [0.15, 0.2) is 0 Å². The van der Waals surface area contributed by atoms with Gasteiger partial charge in [-0.15, -0.1) is 0 Å². The van der Waals surface area contributed by atoms with Crippen LogP contribution in [0.2, 0.25) is 10.0 Å². The van der Waals surface area contributed by atoms with Crippen LogP contribution in [0, 0.1) is 0 Å². The van der Waals surface area contributed by atoms with Crippen molar-refractivity contribution in [2.24, 2.45) is 0 Å². The van der Waals surface area contributed by atoms with Gasteiger partial charge in [-0.1, -0.05) is 35.3 Å². The van der Waals surface area contributed by atoms with Crippen LogP contribution in [0.1, 0.15) is 11.1 Å². The van der Waals surface area contributed by atoms with Gasteiger partial charge in [-0.2, -0.15) is 0 Å². The normalized spacial score (nSPS) is 17.8. The first-order valence-corrected chi connectivity index (χ1v) is 12.4. The lowest BCUT2D eigenvalue weighted by Gasteiger charge is -2.26. The number of hydrogen-bond donors (Lipinski definition) is 0. The van der Waals surface area contributed by atoms with Gasteiger partial charge in [0.05, 0.1) is 36.5 Å². The minimum absolute atomic E-state index is 0.613. The molecule has 2 aromatic carbocycles. The summed E-state index contributed by atoms with van der Waals surface area (Å²) in [5.74, 6) is 1.44. The quantitative estimate of drug-likeness (QED) is 0.497. The minimum Gasteiger partial charge on any atom is -0.491 e. The Hall–Kier alpha value is -1.54. The maximum Gasteiger partial charge on any atom is 0.137 e. The zero-order valence-electron chi connectivity index (χ0n) is 18.9. The number of benzene rings is 2. The fourth-order valence-electron chi connectivity index (χ4n) is 4.00. The van der Waals surface area contributed by atoms with E-state index in [1.165, 1.54) is 0 Å². The van der Waals surface area contributed by atoms with Crippen LogP contribution in [-0.2, 0) is 15.9 Å². The van der Waals surface area contributed by atoms with E-state index in [9.17, 15) is 0 Å². The van der Waals surface area contributed by atoms with E-state index < -0.39 is 0 Å². The van der Waals surface area contributed by atoms with Gasteiger partial charge in [0.2, 0.25) is 0 Å². The molecule has 0 aromatic heterocycles. The van der Waals surface area contributed by atoms with Gasteiger partial charge in [0.1, 0.15) is 24.7 Å². The Labute approximate surface area is 206 Å². The summed E-state index contributed by atoms with van der Waals surface area (Å²) in [7, 11) is 0. The largest absolute Gasteiger partial charge is 0.491 e. The topological polar surface area (TPSA) is 43.4 Å². The fourth-order valence-corrected chi connectivity index (χ4v) is 4.51. The van der Waals surface area contributed by atoms with Crippen LogP contribution < -0.4 is 9.47 Å². The van der Waals surface area contributed by atoms with E-state index in [4.69, 9.17) is 42.1 Å². The molecule has 6 nitrogen and oxygen atoms in total. The molecular formula is C25H32Cl2N2O4. The first kappa shape index (κ1) is 24.6. The lowest BCUT2D eigenvalue weighted by molar-refractivity contribution is 0.0322. The lowest BCUT2D eigenvalue weighted by Crippen LogP contribution is -2.38. The van der Waals surface area contributed by atoms with E-state index in [2.05, 4.69) is 21.9 Å². The Morgan fingerprint density at radius 2 is 1.09 bits per heavy atom. The summed E-state index contributed by atoms with van der Waals surface area (Å²) < 4.78 is 22.5. The molecule has 4 rings (SSSR count). The number of morpholine rings is 2. The van der Waals surface area contributed by atoms with Crippen molar-refractivity contribution in [1.29, 1.82) is 0 Å². The molecule has 2 saturated heterocycles. The summed E-state index contributed by atoms with van der Waals surface area (Å²) in [6, 6.07) is 11.9. The third kappa shape index (κ3) is 7.74. The summed E-state index contributed by atoms with van der Waals surface area (Å²) in [6.07, 6.45) is 0.738. The molecule has 2 heterocycles. The molecule has 0 N–H and O–H groups in total. The van der Waals surface area contributed by atoms with Crippen molar-refractivity contribution in [3.8, 4) is 11.5 Å². The molecule has 0 saturated carbocycles. The molecule has 0 spiro atoms. The van der Waals surface area contributed by atoms with Crippen molar-refractivity contribution in [2.75, 3.05) is 78.9 Å². The van der Waals surface area contributed by atoms with Gasteiger partial charge in [-0.3, -0.25) is 9.80 Å². The van der Waals surface area contributed by atoms with Crippen LogP contribution >= 0.6 is 23.2 Å². The molecule has 2 aliphatic heterocycles. The molecule has 0 aliphatic carbocycles. The number of ether oxygens (including phenoxy) is 4. The van der Waals surface area contributed by atoms with Crippen LogP contribution in [-0.4, -0.2) is 88.7 Å².